The van der Waals surface area contributed by atoms with Crippen molar-refractivity contribution < 1.29 is 24.2 Å². The van der Waals surface area contributed by atoms with E-state index in [9.17, 15) is 14.7 Å². The highest BCUT2D eigenvalue weighted by molar-refractivity contribution is 5.82. The Bertz CT molecular complexity index is 826. The van der Waals surface area contributed by atoms with Crippen LogP contribution >= 0.6 is 0 Å². The van der Waals surface area contributed by atoms with Crippen LogP contribution in [-0.4, -0.2) is 48.2 Å². The van der Waals surface area contributed by atoms with Gasteiger partial charge in [0.1, 0.15) is 11.5 Å². The van der Waals surface area contributed by atoms with Gasteiger partial charge in [-0.05, 0) is 56.0 Å². The van der Waals surface area contributed by atoms with Crippen LogP contribution in [0.1, 0.15) is 38.2 Å². The van der Waals surface area contributed by atoms with Crippen molar-refractivity contribution in [1.82, 2.24) is 4.90 Å². The normalized spacial score (nSPS) is 15.4. The first-order chi connectivity index (χ1) is 14.5. The highest BCUT2D eigenvalue weighted by atomic mass is 16.5. The molecule has 160 valence electrons. The molecule has 1 fully saturated rings. The summed E-state index contributed by atoms with van der Waals surface area (Å²) in [6, 6.07) is 16.8. The Morgan fingerprint density at radius 2 is 1.57 bits per heavy atom. The van der Waals surface area contributed by atoms with Gasteiger partial charge in [-0.25, -0.2) is 0 Å². The average Bonchev–Trinajstić information content (AvgIpc) is 2.78. The number of carboxylic acid groups (broad SMARTS) is 1. The minimum Gasteiger partial charge on any atom is -0.494 e. The van der Waals surface area contributed by atoms with Crippen molar-refractivity contribution in [2.45, 2.75) is 38.0 Å². The van der Waals surface area contributed by atoms with Crippen molar-refractivity contribution in [3.05, 3.63) is 60.2 Å². The van der Waals surface area contributed by atoms with E-state index in [4.69, 9.17) is 9.47 Å². The van der Waals surface area contributed by atoms with Gasteiger partial charge in [0, 0.05) is 19.5 Å². The highest BCUT2D eigenvalue weighted by Crippen LogP contribution is 2.36. The van der Waals surface area contributed by atoms with Crippen LogP contribution in [0, 0.1) is 0 Å². The number of amides is 1. The zero-order valence-corrected chi connectivity index (χ0v) is 17.4. The molecule has 1 saturated heterocycles. The lowest BCUT2D eigenvalue weighted by atomic mass is 9.73. The maximum Gasteiger partial charge on any atom is 0.314 e. The summed E-state index contributed by atoms with van der Waals surface area (Å²) in [5, 5.41) is 9.87. The second kappa shape index (κ2) is 10.1. The van der Waals surface area contributed by atoms with Gasteiger partial charge in [-0.1, -0.05) is 30.3 Å². The fourth-order valence-electron chi connectivity index (χ4n) is 3.89. The van der Waals surface area contributed by atoms with Crippen LogP contribution in [-0.2, 0) is 15.0 Å². The molecular formula is C24H29NO5. The Morgan fingerprint density at radius 1 is 0.967 bits per heavy atom. The summed E-state index contributed by atoms with van der Waals surface area (Å²) in [6.45, 7) is 3.93. The number of carbonyl (C=O) groups excluding carboxylic acids is 1. The maximum atomic E-state index is 12.5. The number of hydrogen-bond acceptors (Lipinski definition) is 4. The number of piperidine rings is 1. The molecule has 0 saturated carbocycles. The van der Waals surface area contributed by atoms with E-state index in [0.29, 0.717) is 52.0 Å². The van der Waals surface area contributed by atoms with Crippen LogP contribution in [0.4, 0.5) is 0 Å². The highest BCUT2D eigenvalue weighted by Gasteiger charge is 2.43. The van der Waals surface area contributed by atoms with Gasteiger partial charge >= 0.3 is 5.97 Å². The molecule has 0 spiro atoms. The molecule has 6 nitrogen and oxygen atoms in total. The number of rotatable bonds is 9. The van der Waals surface area contributed by atoms with E-state index in [1.807, 2.05) is 61.5 Å². The molecule has 0 aliphatic carbocycles. The standard InChI is InChI=1S/C24H29NO5/c1-2-29-20-10-12-21(13-11-20)30-18-6-9-22(26)25-16-14-24(15-17-25,23(27)28)19-7-4-3-5-8-19/h3-5,7-8,10-13H,2,6,9,14-18H2,1H3,(H,27,28). The van der Waals surface area contributed by atoms with E-state index in [-0.39, 0.29) is 5.91 Å². The van der Waals surface area contributed by atoms with Crippen molar-refractivity contribution in [1.29, 1.82) is 0 Å². The molecule has 1 heterocycles. The molecule has 2 aromatic carbocycles. The van der Waals surface area contributed by atoms with Gasteiger partial charge in [0.25, 0.3) is 0 Å². The van der Waals surface area contributed by atoms with E-state index in [0.717, 1.165) is 17.1 Å². The summed E-state index contributed by atoms with van der Waals surface area (Å²) in [5.41, 5.74) is -0.0946. The van der Waals surface area contributed by atoms with Crippen molar-refractivity contribution in [3.8, 4) is 11.5 Å². The van der Waals surface area contributed by atoms with Crippen molar-refractivity contribution in [3.63, 3.8) is 0 Å². The van der Waals surface area contributed by atoms with Crippen molar-refractivity contribution >= 4 is 11.9 Å². The first-order valence-corrected chi connectivity index (χ1v) is 10.5. The molecular weight excluding hydrogens is 382 g/mol. The first-order valence-electron chi connectivity index (χ1n) is 10.5. The number of likely N-dealkylation sites (tertiary alicyclic amines) is 1. The first kappa shape index (κ1) is 21.7. The maximum absolute atomic E-state index is 12.5. The Morgan fingerprint density at radius 3 is 2.13 bits per heavy atom. The third-order valence-corrected chi connectivity index (χ3v) is 5.64. The average molecular weight is 411 g/mol. The number of nitrogens with zero attached hydrogens (tertiary/aromatic N) is 1. The Kier molecular flexibility index (Phi) is 7.33. The van der Waals surface area contributed by atoms with Gasteiger partial charge in [-0.2, -0.15) is 0 Å². The SMILES string of the molecule is CCOc1ccc(OCCCC(=O)N2CCC(C(=O)O)(c3ccccc3)CC2)cc1. The summed E-state index contributed by atoms with van der Waals surface area (Å²) in [7, 11) is 0. The second-order valence-electron chi connectivity index (χ2n) is 7.49. The number of ether oxygens (including phenoxy) is 2. The molecule has 0 aromatic heterocycles. The molecule has 0 unspecified atom stereocenters. The lowest BCUT2D eigenvalue weighted by Crippen LogP contribution is -2.49. The van der Waals surface area contributed by atoms with Gasteiger partial charge < -0.3 is 19.5 Å². The summed E-state index contributed by atoms with van der Waals surface area (Å²) in [5.74, 6) is 0.790. The largest absolute Gasteiger partial charge is 0.494 e. The van der Waals surface area contributed by atoms with Crippen LogP contribution in [0.2, 0.25) is 0 Å². The quantitative estimate of drug-likeness (QED) is 0.634. The Labute approximate surface area is 177 Å². The number of aliphatic carboxylic acids is 1. The minimum absolute atomic E-state index is 0.0531. The molecule has 1 amide bonds. The molecule has 6 heteroatoms. The fraction of sp³-hybridized carbons (Fsp3) is 0.417. The summed E-state index contributed by atoms with van der Waals surface area (Å²) >= 11 is 0. The van der Waals surface area contributed by atoms with Gasteiger partial charge in [0.15, 0.2) is 0 Å². The fourth-order valence-corrected chi connectivity index (χ4v) is 3.89. The number of benzene rings is 2. The smallest absolute Gasteiger partial charge is 0.314 e. The summed E-state index contributed by atoms with van der Waals surface area (Å²) < 4.78 is 11.1. The number of carbonyl (C=O) groups is 2. The zero-order chi connectivity index (χ0) is 21.4. The van der Waals surface area contributed by atoms with Crippen LogP contribution in [0.15, 0.2) is 54.6 Å². The van der Waals surface area contributed by atoms with E-state index in [1.165, 1.54) is 0 Å². The molecule has 1 N–H and O–H groups in total. The molecule has 0 atom stereocenters. The number of carboxylic acids is 1. The minimum atomic E-state index is -0.908. The van der Waals surface area contributed by atoms with E-state index in [1.54, 1.807) is 4.90 Å². The van der Waals surface area contributed by atoms with Crippen LogP contribution in [0.3, 0.4) is 0 Å². The predicted molar refractivity (Wildman–Crippen MR) is 114 cm³/mol. The lowest BCUT2D eigenvalue weighted by molar-refractivity contribution is -0.148. The van der Waals surface area contributed by atoms with Gasteiger partial charge in [0.05, 0.1) is 18.6 Å². The van der Waals surface area contributed by atoms with Crippen molar-refractivity contribution in [2.75, 3.05) is 26.3 Å². The van der Waals surface area contributed by atoms with E-state index < -0.39 is 11.4 Å². The second-order valence-corrected chi connectivity index (χ2v) is 7.49. The van der Waals surface area contributed by atoms with Gasteiger partial charge in [-0.15, -0.1) is 0 Å². The summed E-state index contributed by atoms with van der Waals surface area (Å²) in [4.78, 5) is 26.4. The monoisotopic (exact) mass is 411 g/mol. The van der Waals surface area contributed by atoms with Gasteiger partial charge in [0.2, 0.25) is 5.91 Å². The van der Waals surface area contributed by atoms with Crippen LogP contribution < -0.4 is 9.47 Å². The molecule has 2 aromatic rings. The predicted octanol–water partition coefficient (Wildman–Crippen LogP) is 3.89. The molecule has 3 rings (SSSR count). The van der Waals surface area contributed by atoms with E-state index in [2.05, 4.69) is 0 Å². The molecule has 30 heavy (non-hydrogen) atoms. The third kappa shape index (κ3) is 5.12. The Balaban J connectivity index is 1.44. The zero-order valence-electron chi connectivity index (χ0n) is 17.4. The van der Waals surface area contributed by atoms with Gasteiger partial charge in [-0.3, -0.25) is 9.59 Å². The topological polar surface area (TPSA) is 76.1 Å². The summed E-state index contributed by atoms with van der Waals surface area (Å²) in [6.07, 6.45) is 1.87. The molecule has 0 bridgehead atoms. The molecule has 1 aliphatic heterocycles. The Hall–Kier alpha value is -3.02. The number of hydrogen-bond donors (Lipinski definition) is 1. The van der Waals surface area contributed by atoms with Crippen LogP contribution in [0.5, 0.6) is 11.5 Å². The molecule has 0 radical (unpaired) electrons. The lowest BCUT2D eigenvalue weighted by Gasteiger charge is -2.39. The van der Waals surface area contributed by atoms with Crippen LogP contribution in [0.25, 0.3) is 0 Å². The van der Waals surface area contributed by atoms with E-state index >= 15 is 0 Å². The van der Waals surface area contributed by atoms with Crippen molar-refractivity contribution in [2.24, 2.45) is 0 Å². The molecule has 1 aliphatic rings. The third-order valence-electron chi connectivity index (χ3n) is 5.64.